The Morgan fingerprint density at radius 3 is 2.41 bits per heavy atom. The van der Waals surface area contributed by atoms with Gasteiger partial charge < -0.3 is 15.5 Å². The Morgan fingerprint density at radius 2 is 1.78 bits per heavy atom. The van der Waals surface area contributed by atoms with Gasteiger partial charge in [-0.25, -0.2) is 13.2 Å². The second kappa shape index (κ2) is 6.92. The normalized spacial score (nSPS) is 13.8. The fourth-order valence-electron chi connectivity index (χ4n) is 2.59. The average molecular weight is 390 g/mol. The summed E-state index contributed by atoms with van der Waals surface area (Å²) >= 11 is 0. The summed E-state index contributed by atoms with van der Waals surface area (Å²) < 4.78 is 27.7. The molecular weight excluding hydrogens is 372 g/mol. The molecule has 0 saturated heterocycles. The Kier molecular flexibility index (Phi) is 4.79. The number of aromatic hydroxyl groups is 1. The van der Waals surface area contributed by atoms with E-state index in [4.69, 9.17) is 5.11 Å². The first-order valence-corrected chi connectivity index (χ1v) is 9.66. The second-order valence-corrected chi connectivity index (χ2v) is 8.04. The van der Waals surface area contributed by atoms with Crippen LogP contribution in [0.4, 0.5) is 11.4 Å². The van der Waals surface area contributed by atoms with Crippen molar-refractivity contribution in [3.8, 4) is 5.75 Å². The zero-order valence-electron chi connectivity index (χ0n) is 14.4. The van der Waals surface area contributed by atoms with Crippen LogP contribution in [0.25, 0.3) is 0 Å². The van der Waals surface area contributed by atoms with Crippen LogP contribution in [-0.2, 0) is 14.8 Å². The molecule has 0 bridgehead atoms. The minimum absolute atomic E-state index is 0.0134. The standard InChI is InChI=1S/C18H18N2O6S/c1-10-7-15(21)14(18(23)24)9-16(10)27(25,26)20-13-4-2-3-12(8-13)19-17(22)11-5-6-11/h2-4,7-9,11,20-21H,5-6H2,1H3,(H,19,22)(H,23,24). The smallest absolute Gasteiger partial charge is 0.339 e. The van der Waals surface area contributed by atoms with Crippen LogP contribution in [-0.4, -0.2) is 30.5 Å². The highest BCUT2D eigenvalue weighted by molar-refractivity contribution is 7.92. The van der Waals surface area contributed by atoms with Crippen LogP contribution >= 0.6 is 0 Å². The minimum atomic E-state index is -4.10. The molecule has 0 radical (unpaired) electrons. The van der Waals surface area contributed by atoms with Gasteiger partial charge in [-0.15, -0.1) is 0 Å². The number of aryl methyl sites for hydroxylation is 1. The molecule has 1 aliphatic rings. The lowest BCUT2D eigenvalue weighted by atomic mass is 10.1. The molecule has 4 N–H and O–H groups in total. The Bertz CT molecular complexity index is 1030. The number of rotatable bonds is 6. The number of carbonyl (C=O) groups is 2. The largest absolute Gasteiger partial charge is 0.507 e. The van der Waals surface area contributed by atoms with E-state index in [9.17, 15) is 23.1 Å². The van der Waals surface area contributed by atoms with Crippen LogP contribution in [0.15, 0.2) is 41.3 Å². The Balaban J connectivity index is 1.87. The summed E-state index contributed by atoms with van der Waals surface area (Å²) in [5.41, 5.74) is 0.364. The SMILES string of the molecule is Cc1cc(O)c(C(=O)O)cc1S(=O)(=O)Nc1cccc(NC(=O)C2CC2)c1. The van der Waals surface area contributed by atoms with Gasteiger partial charge in [-0.2, -0.15) is 0 Å². The maximum absolute atomic E-state index is 12.7. The third-order valence-corrected chi connectivity index (χ3v) is 5.67. The first kappa shape index (κ1) is 18.7. The van der Waals surface area contributed by atoms with Gasteiger partial charge in [0.1, 0.15) is 11.3 Å². The monoisotopic (exact) mass is 390 g/mol. The van der Waals surface area contributed by atoms with Gasteiger partial charge in [-0.05, 0) is 55.7 Å². The number of nitrogens with one attached hydrogen (secondary N) is 2. The maximum atomic E-state index is 12.7. The van der Waals surface area contributed by atoms with Crippen molar-refractivity contribution in [1.82, 2.24) is 0 Å². The number of aromatic carboxylic acids is 1. The van der Waals surface area contributed by atoms with Gasteiger partial charge in [0.25, 0.3) is 10.0 Å². The molecule has 2 aromatic rings. The van der Waals surface area contributed by atoms with E-state index >= 15 is 0 Å². The molecular formula is C18H18N2O6S. The predicted octanol–water partition coefficient (Wildman–Crippen LogP) is 2.55. The van der Waals surface area contributed by atoms with Crippen molar-refractivity contribution in [2.45, 2.75) is 24.7 Å². The highest BCUT2D eigenvalue weighted by Crippen LogP contribution is 2.31. The van der Waals surface area contributed by atoms with E-state index in [1.807, 2.05) is 0 Å². The van der Waals surface area contributed by atoms with Crippen molar-refractivity contribution < 1.29 is 28.2 Å². The number of carbonyl (C=O) groups excluding carboxylic acids is 1. The molecule has 1 amide bonds. The second-order valence-electron chi connectivity index (χ2n) is 6.39. The molecule has 1 saturated carbocycles. The van der Waals surface area contributed by atoms with Crippen LogP contribution in [0, 0.1) is 12.8 Å². The molecule has 142 valence electrons. The number of hydrogen-bond acceptors (Lipinski definition) is 5. The number of amides is 1. The number of benzene rings is 2. The van der Waals surface area contributed by atoms with Crippen molar-refractivity contribution in [1.29, 1.82) is 0 Å². The van der Waals surface area contributed by atoms with Gasteiger partial charge in [0.15, 0.2) is 0 Å². The third-order valence-electron chi connectivity index (χ3n) is 4.14. The van der Waals surface area contributed by atoms with E-state index in [1.165, 1.54) is 19.1 Å². The van der Waals surface area contributed by atoms with E-state index in [1.54, 1.807) is 12.1 Å². The topological polar surface area (TPSA) is 133 Å². The zero-order chi connectivity index (χ0) is 19.8. The zero-order valence-corrected chi connectivity index (χ0v) is 15.2. The molecule has 3 rings (SSSR count). The number of carboxylic acids is 1. The molecule has 1 aliphatic carbocycles. The van der Waals surface area contributed by atoms with Gasteiger partial charge >= 0.3 is 5.97 Å². The fourth-order valence-corrected chi connectivity index (χ4v) is 3.90. The molecule has 0 unspecified atom stereocenters. The van der Waals surface area contributed by atoms with Crippen LogP contribution < -0.4 is 10.0 Å². The summed E-state index contributed by atoms with van der Waals surface area (Å²) in [4.78, 5) is 22.7. The third kappa shape index (κ3) is 4.20. The van der Waals surface area contributed by atoms with E-state index in [-0.39, 0.29) is 28.0 Å². The lowest BCUT2D eigenvalue weighted by Crippen LogP contribution is -2.16. The van der Waals surface area contributed by atoms with Gasteiger partial charge in [0, 0.05) is 11.6 Å². The highest BCUT2D eigenvalue weighted by atomic mass is 32.2. The molecule has 0 atom stereocenters. The molecule has 9 heteroatoms. The molecule has 0 spiro atoms. The number of anilines is 2. The van der Waals surface area contributed by atoms with Gasteiger partial charge in [-0.1, -0.05) is 6.07 Å². The van der Waals surface area contributed by atoms with E-state index in [2.05, 4.69) is 10.0 Å². The molecule has 0 heterocycles. The van der Waals surface area contributed by atoms with E-state index in [0.29, 0.717) is 5.69 Å². The molecule has 8 nitrogen and oxygen atoms in total. The van der Waals surface area contributed by atoms with Crippen LogP contribution in [0.5, 0.6) is 5.75 Å². The number of phenols is 1. The van der Waals surface area contributed by atoms with Gasteiger partial charge in [0.05, 0.1) is 10.6 Å². The molecule has 27 heavy (non-hydrogen) atoms. The minimum Gasteiger partial charge on any atom is -0.507 e. The highest BCUT2D eigenvalue weighted by Gasteiger charge is 2.29. The first-order valence-electron chi connectivity index (χ1n) is 8.18. The summed E-state index contributed by atoms with van der Waals surface area (Å²) in [7, 11) is -4.10. The summed E-state index contributed by atoms with van der Waals surface area (Å²) in [5, 5.41) is 21.5. The molecule has 0 aliphatic heterocycles. The number of carboxylic acid groups (broad SMARTS) is 1. The van der Waals surface area contributed by atoms with E-state index in [0.717, 1.165) is 25.0 Å². The molecule has 1 fully saturated rings. The number of hydrogen-bond donors (Lipinski definition) is 4. The number of sulfonamides is 1. The molecule has 0 aromatic heterocycles. The fraction of sp³-hybridized carbons (Fsp3) is 0.222. The summed E-state index contributed by atoms with van der Waals surface area (Å²) in [5.74, 6) is -2.03. The first-order chi connectivity index (χ1) is 12.7. The Hall–Kier alpha value is -3.07. The van der Waals surface area contributed by atoms with Crippen LogP contribution in [0.2, 0.25) is 0 Å². The summed E-state index contributed by atoms with van der Waals surface area (Å²) in [6.45, 7) is 1.45. The average Bonchev–Trinajstić information content (AvgIpc) is 3.38. The van der Waals surface area contributed by atoms with Crippen molar-refractivity contribution >= 4 is 33.3 Å². The van der Waals surface area contributed by atoms with Gasteiger partial charge in [0.2, 0.25) is 5.91 Å². The lowest BCUT2D eigenvalue weighted by Gasteiger charge is -2.13. The summed E-state index contributed by atoms with van der Waals surface area (Å²) in [6.07, 6.45) is 1.70. The van der Waals surface area contributed by atoms with Gasteiger partial charge in [-0.3, -0.25) is 9.52 Å². The van der Waals surface area contributed by atoms with Crippen LogP contribution in [0.1, 0.15) is 28.8 Å². The van der Waals surface area contributed by atoms with Crippen molar-refractivity contribution in [2.75, 3.05) is 10.0 Å². The van der Waals surface area contributed by atoms with Crippen molar-refractivity contribution in [3.63, 3.8) is 0 Å². The van der Waals surface area contributed by atoms with Crippen molar-refractivity contribution in [3.05, 3.63) is 47.5 Å². The van der Waals surface area contributed by atoms with E-state index < -0.39 is 27.3 Å². The molecule has 2 aromatic carbocycles. The Morgan fingerprint density at radius 1 is 1.11 bits per heavy atom. The Labute approximate surface area is 155 Å². The maximum Gasteiger partial charge on any atom is 0.339 e. The summed E-state index contributed by atoms with van der Waals surface area (Å²) in [6, 6.07) is 8.22. The predicted molar refractivity (Wildman–Crippen MR) is 98.4 cm³/mol. The van der Waals surface area contributed by atoms with Crippen LogP contribution in [0.3, 0.4) is 0 Å². The lowest BCUT2D eigenvalue weighted by molar-refractivity contribution is -0.117. The van der Waals surface area contributed by atoms with Crippen molar-refractivity contribution in [2.24, 2.45) is 5.92 Å². The quantitative estimate of drug-likeness (QED) is 0.599.